The molecule has 0 amide bonds. The van der Waals surface area contributed by atoms with Gasteiger partial charge in [-0.15, -0.1) is 0 Å². The summed E-state index contributed by atoms with van der Waals surface area (Å²) in [5, 5.41) is 0. The van der Waals surface area contributed by atoms with Gasteiger partial charge in [0, 0.05) is 34.5 Å². The van der Waals surface area contributed by atoms with Gasteiger partial charge in [0.25, 0.3) is 10.1 Å². The highest BCUT2D eigenvalue weighted by Crippen LogP contribution is 2.34. The van der Waals surface area contributed by atoms with E-state index >= 15 is 0 Å². The SMILES string of the molecule is CCOC(=O)CC[C@@H]1N=C(c2ccccn2)c2cc(Br)ccc2-n2c(C)cnc21.CCS(=O)(=O)O. The van der Waals surface area contributed by atoms with Crippen LogP contribution in [0.3, 0.4) is 0 Å². The van der Waals surface area contributed by atoms with Crippen molar-refractivity contribution in [2.75, 3.05) is 12.4 Å². The van der Waals surface area contributed by atoms with Gasteiger partial charge in [0.2, 0.25) is 0 Å². The topological polar surface area (TPSA) is 124 Å². The van der Waals surface area contributed by atoms with Gasteiger partial charge >= 0.3 is 5.97 Å². The first-order valence-corrected chi connectivity index (χ1v) is 13.5. The molecule has 3 aromatic rings. The predicted molar refractivity (Wildman–Crippen MR) is 137 cm³/mol. The molecule has 0 aliphatic carbocycles. The molecule has 2 aromatic heterocycles. The Balaban J connectivity index is 0.000000509. The minimum Gasteiger partial charge on any atom is -0.466 e. The van der Waals surface area contributed by atoms with Gasteiger partial charge in [-0.3, -0.25) is 23.9 Å². The lowest BCUT2D eigenvalue weighted by molar-refractivity contribution is -0.143. The van der Waals surface area contributed by atoms with E-state index in [-0.39, 0.29) is 24.2 Å². The fraction of sp³-hybridized carbons (Fsp3) is 0.333. The molecule has 1 aromatic carbocycles. The Morgan fingerprint density at radius 3 is 2.57 bits per heavy atom. The number of esters is 1. The molecule has 9 nitrogen and oxygen atoms in total. The van der Waals surface area contributed by atoms with E-state index in [4.69, 9.17) is 14.3 Å². The number of aryl methyl sites for hydroxylation is 1. The second kappa shape index (κ2) is 11.7. The quantitative estimate of drug-likeness (QED) is 0.347. The number of aliphatic imine (C=N–C) groups is 1. The zero-order valence-electron chi connectivity index (χ0n) is 19.7. The maximum absolute atomic E-state index is 12.0. The number of rotatable bonds is 6. The third-order valence-corrected chi connectivity index (χ3v) is 6.43. The molecule has 0 unspecified atom stereocenters. The Morgan fingerprint density at radius 1 is 1.20 bits per heavy atom. The van der Waals surface area contributed by atoms with E-state index in [9.17, 15) is 13.2 Å². The molecule has 186 valence electrons. The van der Waals surface area contributed by atoms with Crippen LogP contribution in [-0.4, -0.2) is 51.5 Å². The Labute approximate surface area is 213 Å². The fourth-order valence-corrected chi connectivity index (χ4v) is 3.93. The molecular weight excluding hydrogens is 536 g/mol. The molecule has 0 fully saturated rings. The minimum atomic E-state index is -3.66. The Morgan fingerprint density at radius 2 is 1.94 bits per heavy atom. The van der Waals surface area contributed by atoms with E-state index in [1.165, 1.54) is 6.92 Å². The Hall–Kier alpha value is -2.89. The number of carbonyl (C=O) groups is 1. The van der Waals surface area contributed by atoms with Crippen LogP contribution in [0.5, 0.6) is 0 Å². The number of halogens is 1. The molecule has 1 aliphatic heterocycles. The molecule has 35 heavy (non-hydrogen) atoms. The summed E-state index contributed by atoms with van der Waals surface area (Å²) in [7, 11) is -3.66. The molecule has 0 spiro atoms. The average Bonchev–Trinajstić information content (AvgIpc) is 3.14. The smallest absolute Gasteiger partial charge is 0.305 e. The lowest BCUT2D eigenvalue weighted by atomic mass is 10.0. The molecule has 3 heterocycles. The van der Waals surface area contributed by atoms with Crippen LogP contribution in [0.1, 0.15) is 55.5 Å². The highest BCUT2D eigenvalue weighted by molar-refractivity contribution is 9.10. The number of nitrogens with zero attached hydrogens (tertiary/aromatic N) is 4. The largest absolute Gasteiger partial charge is 0.466 e. The van der Waals surface area contributed by atoms with E-state index in [2.05, 4.69) is 42.6 Å². The van der Waals surface area contributed by atoms with Gasteiger partial charge < -0.3 is 4.74 Å². The number of carbonyl (C=O) groups excluding carboxylic acids is 1. The van der Waals surface area contributed by atoms with E-state index in [1.54, 1.807) is 6.20 Å². The third-order valence-electron chi connectivity index (χ3n) is 5.20. The van der Waals surface area contributed by atoms with Gasteiger partial charge in [-0.1, -0.05) is 22.0 Å². The van der Waals surface area contributed by atoms with Crippen molar-refractivity contribution in [1.82, 2.24) is 14.5 Å². The Bertz CT molecular complexity index is 1320. The maximum Gasteiger partial charge on any atom is 0.305 e. The molecule has 11 heteroatoms. The van der Waals surface area contributed by atoms with Gasteiger partial charge in [0.1, 0.15) is 11.9 Å². The molecule has 0 saturated carbocycles. The van der Waals surface area contributed by atoms with E-state index in [1.807, 2.05) is 44.3 Å². The van der Waals surface area contributed by atoms with Crippen molar-refractivity contribution < 1.29 is 22.5 Å². The van der Waals surface area contributed by atoms with Crippen molar-refractivity contribution in [2.24, 2.45) is 4.99 Å². The number of hydrogen-bond donors (Lipinski definition) is 1. The highest BCUT2D eigenvalue weighted by Gasteiger charge is 2.28. The van der Waals surface area contributed by atoms with Crippen molar-refractivity contribution in [3.05, 3.63) is 76.0 Å². The number of ether oxygens (including phenoxy) is 1. The minimum absolute atomic E-state index is 0.201. The summed E-state index contributed by atoms with van der Waals surface area (Å²) >= 11 is 3.59. The monoisotopic (exact) mass is 562 g/mol. The van der Waals surface area contributed by atoms with Gasteiger partial charge in [0.15, 0.2) is 0 Å². The molecular formula is C24H27BrN4O5S. The van der Waals surface area contributed by atoms with E-state index < -0.39 is 10.1 Å². The summed E-state index contributed by atoms with van der Waals surface area (Å²) in [6, 6.07) is 11.6. The fourth-order valence-electron chi connectivity index (χ4n) is 3.57. The number of pyridine rings is 1. The zero-order valence-corrected chi connectivity index (χ0v) is 22.1. The molecule has 1 atom stereocenters. The van der Waals surface area contributed by atoms with E-state index in [0.717, 1.165) is 38.6 Å². The van der Waals surface area contributed by atoms with Crippen LogP contribution in [0.25, 0.3) is 5.69 Å². The molecule has 0 radical (unpaired) electrons. The highest BCUT2D eigenvalue weighted by atomic mass is 79.9. The zero-order chi connectivity index (χ0) is 25.6. The van der Waals surface area contributed by atoms with Crippen LogP contribution in [-0.2, 0) is 19.6 Å². The van der Waals surface area contributed by atoms with Crippen LogP contribution in [0.2, 0.25) is 0 Å². The van der Waals surface area contributed by atoms with Gasteiger partial charge in [-0.2, -0.15) is 8.42 Å². The van der Waals surface area contributed by atoms with Crippen LogP contribution < -0.4 is 0 Å². The third kappa shape index (κ3) is 6.83. The molecule has 1 N–H and O–H groups in total. The van der Waals surface area contributed by atoms with Gasteiger partial charge in [-0.05, 0) is 57.5 Å². The summed E-state index contributed by atoms with van der Waals surface area (Å²) in [6.45, 7) is 5.58. The lowest BCUT2D eigenvalue weighted by Gasteiger charge is -2.14. The molecule has 4 rings (SSSR count). The second-order valence-corrected chi connectivity index (χ2v) is 10.3. The van der Waals surface area contributed by atoms with Crippen LogP contribution in [0.15, 0.2) is 58.3 Å². The molecule has 0 bridgehead atoms. The van der Waals surface area contributed by atoms with Crippen LogP contribution >= 0.6 is 15.9 Å². The normalized spacial score (nSPS) is 14.5. The number of hydrogen-bond acceptors (Lipinski definition) is 7. The maximum atomic E-state index is 12.0. The van der Waals surface area contributed by atoms with Crippen LogP contribution in [0, 0.1) is 6.92 Å². The molecule has 1 aliphatic rings. The van der Waals surface area contributed by atoms with Crippen LogP contribution in [0.4, 0.5) is 0 Å². The first kappa shape index (κ1) is 26.7. The number of imidazole rings is 1. The lowest BCUT2D eigenvalue weighted by Crippen LogP contribution is -2.10. The summed E-state index contributed by atoms with van der Waals surface area (Å²) in [5.41, 5.74) is 4.57. The standard InChI is InChI=1S/C22H21BrN4O2.C2H6O3S/c1-3-29-20(28)10-8-18-22-25-13-14(2)27(22)19-9-7-15(23)12-16(19)21(26-18)17-6-4-5-11-24-17;1-2-6(3,4)5/h4-7,9,11-13,18H,3,8,10H2,1-2H3;2H2,1H3,(H,3,4,5)/t18-;/m0./s1. The summed E-state index contributed by atoms with van der Waals surface area (Å²) in [6.07, 6.45) is 4.40. The number of fused-ring (bicyclic) bond motifs is 3. The van der Waals surface area contributed by atoms with Crippen molar-refractivity contribution in [1.29, 1.82) is 0 Å². The van der Waals surface area contributed by atoms with Crippen molar-refractivity contribution >= 4 is 37.7 Å². The average molecular weight is 563 g/mol. The molecule has 0 saturated heterocycles. The summed E-state index contributed by atoms with van der Waals surface area (Å²) in [5.74, 6) is 0.398. The number of benzene rings is 1. The van der Waals surface area contributed by atoms with Crippen molar-refractivity contribution in [2.45, 2.75) is 39.7 Å². The predicted octanol–water partition coefficient (Wildman–Crippen LogP) is 4.47. The summed E-state index contributed by atoms with van der Waals surface area (Å²) < 4.78 is 35.1. The van der Waals surface area contributed by atoms with Crippen molar-refractivity contribution in [3.8, 4) is 5.69 Å². The van der Waals surface area contributed by atoms with E-state index in [0.29, 0.717) is 13.0 Å². The van der Waals surface area contributed by atoms with Crippen molar-refractivity contribution in [3.63, 3.8) is 0 Å². The summed E-state index contributed by atoms with van der Waals surface area (Å²) in [4.78, 5) is 26.2. The first-order chi connectivity index (χ1) is 16.6. The Kier molecular flexibility index (Phi) is 8.92. The first-order valence-electron chi connectivity index (χ1n) is 11.1. The number of aromatic nitrogens is 3. The second-order valence-electron chi connectivity index (χ2n) is 7.68. The van der Waals surface area contributed by atoms with Gasteiger partial charge in [-0.25, -0.2) is 4.98 Å². The van der Waals surface area contributed by atoms with Gasteiger partial charge in [0.05, 0.1) is 29.5 Å².